The van der Waals surface area contributed by atoms with Crippen LogP contribution in [0.4, 0.5) is 19.4 Å². The molecule has 0 radical (unpaired) electrons. The van der Waals surface area contributed by atoms with Crippen LogP contribution in [0.3, 0.4) is 0 Å². The van der Waals surface area contributed by atoms with Gasteiger partial charge in [0.05, 0.1) is 11.6 Å². The van der Waals surface area contributed by atoms with E-state index in [1.807, 2.05) is 5.32 Å². The minimum Gasteiger partial charge on any atom is -0.489 e. The van der Waals surface area contributed by atoms with Crippen molar-refractivity contribution in [2.75, 3.05) is 6.61 Å². The second kappa shape index (κ2) is 7.69. The smallest absolute Gasteiger partial charge is 0.310 e. The second-order valence-corrected chi connectivity index (χ2v) is 9.15. The summed E-state index contributed by atoms with van der Waals surface area (Å²) in [6, 6.07) is 8.80. The molecule has 0 saturated carbocycles. The number of amides is 2. The Balaban J connectivity index is 2.17. The lowest BCUT2D eigenvalue weighted by Gasteiger charge is -2.40. The maximum absolute atomic E-state index is 12.8. The Morgan fingerprint density at radius 3 is 2.12 bits per heavy atom. The van der Waals surface area contributed by atoms with E-state index in [9.17, 15) is 34.3 Å². The van der Waals surface area contributed by atoms with Gasteiger partial charge in [-0.3, -0.25) is 14.9 Å². The number of halogens is 5. The molecule has 0 heterocycles. The van der Waals surface area contributed by atoms with Crippen LogP contribution in [-0.4, -0.2) is 24.0 Å². The Kier molecular flexibility index (Phi) is 5.87. The Bertz CT molecular complexity index is 1140. The Morgan fingerprint density at radius 2 is 1.59 bits per heavy atom. The number of benzene rings is 2. The van der Waals surface area contributed by atoms with Crippen molar-refractivity contribution < 1.29 is 33.8 Å². The third-order valence-electron chi connectivity index (χ3n) is 4.02. The van der Waals surface area contributed by atoms with Crippen molar-refractivity contribution in [1.82, 2.24) is 10.6 Å². The van der Waals surface area contributed by atoms with E-state index in [-0.39, 0.29) is 23.4 Å². The summed E-state index contributed by atoms with van der Waals surface area (Å²) in [4.78, 5) is 22.1. The van der Waals surface area contributed by atoms with Gasteiger partial charge in [-0.15, -0.1) is 0 Å². The predicted molar refractivity (Wildman–Crippen MR) is 104 cm³/mol. The van der Waals surface area contributed by atoms with Gasteiger partial charge in [0.2, 0.25) is 0 Å². The van der Waals surface area contributed by atoms with Crippen LogP contribution in [-0.2, 0) is 0 Å². The molecule has 2 N–H and O–H groups in total. The Morgan fingerprint density at radius 1 is 1.00 bits per heavy atom. The molecular weight excluding hydrogens is 459 g/mol. The molecule has 1 unspecified atom stereocenters. The van der Waals surface area contributed by atoms with E-state index in [1.165, 1.54) is 37.4 Å². The first kappa shape index (κ1) is 24.4. The molecule has 2 aromatic rings. The summed E-state index contributed by atoms with van der Waals surface area (Å²) >= 11 is 0. The molecule has 2 amide bonds. The zero-order valence-corrected chi connectivity index (χ0v) is 17.1. The van der Waals surface area contributed by atoms with E-state index in [0.717, 1.165) is 0 Å². The molecule has 2 aromatic carbocycles. The van der Waals surface area contributed by atoms with Crippen LogP contribution in [0, 0.1) is 22.8 Å². The number of ether oxygens (including phenoxy) is 1. The van der Waals surface area contributed by atoms with E-state index >= 15 is 0 Å². The number of nitriles is 2. The summed E-state index contributed by atoms with van der Waals surface area (Å²) in [7, 11) is -9.88. The molecule has 32 heavy (non-hydrogen) atoms. The van der Waals surface area contributed by atoms with Crippen molar-refractivity contribution >= 4 is 22.0 Å². The average Bonchev–Trinajstić information content (AvgIpc) is 2.71. The fourth-order valence-corrected chi connectivity index (χ4v) is 3.05. The topological polar surface area (TPSA) is 115 Å². The Labute approximate surface area is 179 Å². The summed E-state index contributed by atoms with van der Waals surface area (Å²) in [5.74, 6) is -1.78. The van der Waals surface area contributed by atoms with E-state index in [0.29, 0.717) is 12.1 Å². The van der Waals surface area contributed by atoms with E-state index < -0.39 is 44.6 Å². The predicted octanol–water partition coefficient (Wildman–Crippen LogP) is 4.65. The number of hydrogen-bond acceptors (Lipinski definition) is 5. The molecule has 0 aliphatic carbocycles. The van der Waals surface area contributed by atoms with E-state index in [1.54, 1.807) is 6.07 Å². The maximum atomic E-state index is 12.8. The number of nitrogens with zero attached hydrogens (tertiary/aromatic N) is 2. The molecule has 13 heteroatoms. The van der Waals surface area contributed by atoms with Gasteiger partial charge >= 0.3 is 10.2 Å². The summed E-state index contributed by atoms with van der Waals surface area (Å²) in [5, 5.41) is 22.2. The van der Waals surface area contributed by atoms with Gasteiger partial charge in [0.25, 0.3) is 11.8 Å². The minimum atomic E-state index is -9.88. The van der Waals surface area contributed by atoms with Crippen molar-refractivity contribution in [2.24, 2.45) is 0 Å². The van der Waals surface area contributed by atoms with Gasteiger partial charge in [0, 0.05) is 5.56 Å². The molecule has 2 rings (SSSR count). The highest BCUT2D eigenvalue weighted by molar-refractivity contribution is 8.45. The Hall–Kier alpha value is -3.84. The first-order valence-electron chi connectivity index (χ1n) is 8.58. The van der Waals surface area contributed by atoms with Gasteiger partial charge in [-0.1, -0.05) is 31.6 Å². The molecule has 0 saturated heterocycles. The number of carbonyl (C=O) groups excluding carboxylic acids is 2. The van der Waals surface area contributed by atoms with Crippen molar-refractivity contribution in [3.05, 3.63) is 59.7 Å². The van der Waals surface area contributed by atoms with Crippen LogP contribution in [0.1, 0.15) is 27.6 Å². The number of carbonyl (C=O) groups is 2. The van der Waals surface area contributed by atoms with Gasteiger partial charge in [-0.25, -0.2) is 0 Å². The number of rotatable bonds is 7. The quantitative estimate of drug-likeness (QED) is 0.345. The van der Waals surface area contributed by atoms with Crippen LogP contribution in [0.25, 0.3) is 0 Å². The van der Waals surface area contributed by atoms with Crippen LogP contribution in [0.2, 0.25) is 0 Å². The van der Waals surface area contributed by atoms with E-state index in [2.05, 4.69) is 5.32 Å². The first-order chi connectivity index (χ1) is 14.6. The standard InChI is InChI=1S/C19H15F5N4O3S/c1-19(10-25,11-31-16-5-3-2-4-15(16)18(30)27-12-26)28-17(29)13-6-8-14(9-7-13)32(20,21,22,23)24/h2-9H,11H2,1H3,(H,27,30)(H,28,29). The highest BCUT2D eigenvalue weighted by Crippen LogP contribution is 3.02. The van der Waals surface area contributed by atoms with Crippen molar-refractivity contribution in [3.8, 4) is 18.0 Å². The lowest BCUT2D eigenvalue weighted by molar-refractivity contribution is 0.0894. The largest absolute Gasteiger partial charge is 0.489 e. The lowest BCUT2D eigenvalue weighted by Crippen LogP contribution is -2.49. The summed E-state index contributed by atoms with van der Waals surface area (Å²) in [5.41, 5.74) is -2.13. The highest BCUT2D eigenvalue weighted by Gasteiger charge is 2.65. The number of hydrogen-bond donors (Lipinski definition) is 2. The van der Waals surface area contributed by atoms with E-state index in [4.69, 9.17) is 10.00 Å². The monoisotopic (exact) mass is 474 g/mol. The molecule has 0 bridgehead atoms. The molecule has 0 aliphatic heterocycles. The fourth-order valence-electron chi connectivity index (χ4n) is 2.40. The van der Waals surface area contributed by atoms with Gasteiger partial charge in [-0.05, 0) is 43.3 Å². The normalized spacial score (nSPS) is 15.0. The van der Waals surface area contributed by atoms with Gasteiger partial charge < -0.3 is 10.1 Å². The highest BCUT2D eigenvalue weighted by atomic mass is 32.5. The van der Waals surface area contributed by atoms with Crippen LogP contribution in [0.15, 0.2) is 53.4 Å². The molecule has 170 valence electrons. The lowest BCUT2D eigenvalue weighted by atomic mass is 10.0. The average molecular weight is 474 g/mol. The summed E-state index contributed by atoms with van der Waals surface area (Å²) in [6.45, 7) is 0.752. The van der Waals surface area contributed by atoms with Crippen LogP contribution < -0.4 is 15.4 Å². The van der Waals surface area contributed by atoms with Crippen molar-refractivity contribution in [2.45, 2.75) is 17.4 Å². The minimum absolute atomic E-state index is 0.00351. The van der Waals surface area contributed by atoms with Crippen LogP contribution in [0.5, 0.6) is 5.75 Å². The van der Waals surface area contributed by atoms with Gasteiger partial charge in [0.1, 0.15) is 17.3 Å². The van der Waals surface area contributed by atoms with Crippen LogP contribution >= 0.6 is 10.2 Å². The molecule has 0 aromatic heterocycles. The SMILES string of the molecule is CC(C#N)(COc1ccccc1C(=O)NC#N)NC(=O)c1ccc(S(F)(F)(F)(F)F)cc1. The zero-order chi connectivity index (χ0) is 24.3. The summed E-state index contributed by atoms with van der Waals surface area (Å²) in [6.07, 6.45) is 1.46. The molecule has 7 nitrogen and oxygen atoms in total. The molecule has 0 fully saturated rings. The zero-order valence-electron chi connectivity index (χ0n) is 16.2. The molecule has 0 spiro atoms. The molecule has 0 aliphatic rings. The first-order valence-corrected chi connectivity index (χ1v) is 10.5. The summed E-state index contributed by atoms with van der Waals surface area (Å²) < 4.78 is 69.4. The third kappa shape index (κ3) is 6.09. The maximum Gasteiger partial charge on any atom is 0.310 e. The third-order valence-corrected chi connectivity index (χ3v) is 5.18. The molecular formula is C19H15F5N4O3S. The van der Waals surface area contributed by atoms with Crippen molar-refractivity contribution in [1.29, 1.82) is 10.5 Å². The van der Waals surface area contributed by atoms with Gasteiger partial charge in [0.15, 0.2) is 11.7 Å². The number of para-hydroxylation sites is 1. The number of nitrogens with one attached hydrogen (secondary N) is 2. The second-order valence-electron chi connectivity index (χ2n) is 6.74. The van der Waals surface area contributed by atoms with Crippen molar-refractivity contribution in [3.63, 3.8) is 0 Å². The fraction of sp³-hybridized carbons (Fsp3) is 0.158. The molecule has 1 atom stereocenters. The van der Waals surface area contributed by atoms with Gasteiger partial charge in [-0.2, -0.15) is 10.5 Å².